The molecule has 69 heavy (non-hydrogen) atoms. The third-order valence-electron chi connectivity index (χ3n) is 13.6. The summed E-state index contributed by atoms with van der Waals surface area (Å²) < 4.78 is 112. The van der Waals surface area contributed by atoms with Gasteiger partial charge >= 0.3 is 0 Å². The summed E-state index contributed by atoms with van der Waals surface area (Å²) in [5, 5.41) is 0.631. The molecule has 14 aliphatic heterocycles. The van der Waals surface area contributed by atoms with Gasteiger partial charge in [0, 0.05) is 66.8 Å². The molecule has 338 valence electrons. The van der Waals surface area contributed by atoms with Crippen molar-refractivity contribution in [3.8, 4) is 33.8 Å². The van der Waals surface area contributed by atoms with Crippen LogP contribution in [0.1, 0.15) is 93.1 Å². The van der Waals surface area contributed by atoms with E-state index in [1.165, 1.54) is 18.2 Å². The molecule has 0 atom stereocenters. The fourth-order valence-corrected chi connectivity index (χ4v) is 9.71. The number of pyridine rings is 4. The van der Waals surface area contributed by atoms with Crippen LogP contribution in [0.3, 0.4) is 0 Å². The molecular weight excluding hydrogens is 841 g/mol. The van der Waals surface area contributed by atoms with Crippen LogP contribution in [0.5, 0.6) is 0 Å². The van der Waals surface area contributed by atoms with Gasteiger partial charge in [-0.1, -0.05) is 103 Å². The molecular formula is C64H56N4O. The largest absolute Gasteiger partial charge is 0.437 e. The highest BCUT2D eigenvalue weighted by molar-refractivity contribution is 6.10. The van der Waals surface area contributed by atoms with Gasteiger partial charge in [-0.3, -0.25) is 15.0 Å². The quantitative estimate of drug-likeness (QED) is 0.152. The van der Waals surface area contributed by atoms with Crippen molar-refractivity contribution in [3.05, 3.63) is 236 Å². The Morgan fingerprint density at radius 2 is 0.928 bits per heavy atom. The first kappa shape index (κ1) is 32.3. The van der Waals surface area contributed by atoms with Crippen LogP contribution in [0.15, 0.2) is 163 Å². The van der Waals surface area contributed by atoms with Crippen LogP contribution in [0, 0.1) is 13.8 Å². The minimum absolute atomic E-state index is 0.0239. The summed E-state index contributed by atoms with van der Waals surface area (Å²) in [4.78, 5) is 19.0. The minimum Gasteiger partial charge on any atom is -0.437 e. The second-order valence-corrected chi connectivity index (χ2v) is 18.5. The Balaban J connectivity index is 1.09. The first-order chi connectivity index (χ1) is 38.1. The number of benzene rings is 5. The minimum atomic E-state index is -2.97. The summed E-state index contributed by atoms with van der Waals surface area (Å²) in [6.45, 7) is -1.18. The van der Waals surface area contributed by atoms with Crippen molar-refractivity contribution in [1.29, 1.82) is 0 Å². The normalized spacial score (nSPS) is 19.6. The number of furan rings is 1. The van der Waals surface area contributed by atoms with Crippen molar-refractivity contribution in [3.63, 3.8) is 0 Å². The lowest BCUT2D eigenvalue weighted by molar-refractivity contribution is 0.653. The van der Waals surface area contributed by atoms with E-state index in [0.29, 0.717) is 62.4 Å². The summed E-state index contributed by atoms with van der Waals surface area (Å²) >= 11 is 0. The Morgan fingerprint density at radius 1 is 0.435 bits per heavy atom. The average molecular weight is 908 g/mol. The van der Waals surface area contributed by atoms with Gasteiger partial charge in [0.1, 0.15) is 5.58 Å². The SMILES string of the molecule is [2H]C([2H])([2H])c1cc2ncc1C([2H])([2H])C([2H])([2H])c1cc3cc(c1)CCc1ccc(nc1)-c1ccc(cc1)CCc1cc(cc(c1)C([2H])([2H])C([2H])([2H])c1ccc-2c2oc4nc(C)ccc4c12)CCc1ccc(cc1)-c1ccc(cn1)CC3. The summed E-state index contributed by atoms with van der Waals surface area (Å²) in [7, 11) is 0. The lowest BCUT2D eigenvalue weighted by atomic mass is 9.92. The number of aromatic nitrogens is 4. The van der Waals surface area contributed by atoms with Crippen LogP contribution in [0.2, 0.25) is 0 Å². The van der Waals surface area contributed by atoms with E-state index in [9.17, 15) is 11.0 Å². The van der Waals surface area contributed by atoms with Gasteiger partial charge in [0.25, 0.3) is 0 Å². The van der Waals surface area contributed by atoms with Crippen LogP contribution < -0.4 is 0 Å². The lowest BCUT2D eigenvalue weighted by Gasteiger charge is -2.14. The van der Waals surface area contributed by atoms with E-state index in [0.717, 1.165) is 73.2 Å². The number of rotatable bonds is 0. The van der Waals surface area contributed by atoms with E-state index >= 15 is 0 Å². The number of hydrogen-bond acceptors (Lipinski definition) is 5. The highest BCUT2D eigenvalue weighted by atomic mass is 16.3. The zero-order chi connectivity index (χ0) is 55.9. The molecule has 7 aliphatic carbocycles. The molecule has 0 spiro atoms. The second-order valence-electron chi connectivity index (χ2n) is 18.5. The second kappa shape index (κ2) is 18.5. The molecule has 0 fully saturated rings. The Morgan fingerprint density at radius 3 is 1.46 bits per heavy atom. The van der Waals surface area contributed by atoms with Crippen molar-refractivity contribution in [2.45, 2.75) is 90.6 Å². The molecule has 0 amide bonds. The molecule has 5 aromatic carbocycles. The molecule has 18 bridgehead atoms. The topological polar surface area (TPSA) is 64.7 Å². The molecule has 0 radical (unpaired) electrons. The molecule has 19 heterocycles. The van der Waals surface area contributed by atoms with Crippen LogP contribution >= 0.6 is 0 Å². The van der Waals surface area contributed by atoms with Crippen molar-refractivity contribution in [2.75, 3.05) is 0 Å². The Labute approximate surface area is 420 Å². The van der Waals surface area contributed by atoms with Gasteiger partial charge in [0.05, 0.1) is 17.1 Å². The number of fused-ring (bicyclic) bond motifs is 1. The first-order valence-electron chi connectivity index (χ1n) is 29.3. The predicted octanol–water partition coefficient (Wildman–Crippen LogP) is 14.1. The van der Waals surface area contributed by atoms with Gasteiger partial charge in [-0.25, -0.2) is 4.98 Å². The van der Waals surface area contributed by atoms with E-state index in [2.05, 4.69) is 40.3 Å². The monoisotopic (exact) mass is 908 g/mol. The molecule has 0 saturated carbocycles. The summed E-state index contributed by atoms with van der Waals surface area (Å²) in [5.41, 5.74) is 11.2. The molecule has 31 rings (SSSR count). The van der Waals surface area contributed by atoms with E-state index < -0.39 is 43.5 Å². The van der Waals surface area contributed by atoms with E-state index in [1.807, 2.05) is 67.0 Å². The Hall–Kier alpha value is -7.50. The molecule has 5 aromatic heterocycles. The summed E-state index contributed by atoms with van der Waals surface area (Å²) in [6.07, 6.45) is -1.86. The lowest BCUT2D eigenvalue weighted by Crippen LogP contribution is -2.02. The highest BCUT2D eigenvalue weighted by Crippen LogP contribution is 2.38. The van der Waals surface area contributed by atoms with Gasteiger partial charge < -0.3 is 4.42 Å². The van der Waals surface area contributed by atoms with Crippen molar-refractivity contribution < 1.29 is 19.5 Å². The maximum absolute atomic E-state index is 9.97. The fourth-order valence-electron chi connectivity index (χ4n) is 9.71. The summed E-state index contributed by atoms with van der Waals surface area (Å²) in [5.74, 6) is 0. The van der Waals surface area contributed by atoms with Crippen LogP contribution in [0.25, 0.3) is 55.8 Å². The number of aryl methyl sites for hydroxylation is 14. The fraction of sp³-hybridized carbons (Fsp3) is 0.219. The molecule has 5 nitrogen and oxygen atoms in total. The number of nitrogens with zero attached hydrogens (tertiary/aromatic N) is 4. The molecule has 10 aromatic rings. The van der Waals surface area contributed by atoms with Crippen molar-refractivity contribution in [1.82, 2.24) is 19.9 Å². The van der Waals surface area contributed by atoms with Gasteiger partial charge in [-0.05, 0) is 199 Å². The molecule has 0 N–H and O–H groups in total. The molecule has 0 saturated heterocycles. The zero-order valence-corrected chi connectivity index (χ0v) is 38.4. The van der Waals surface area contributed by atoms with Gasteiger partial charge in [-0.2, -0.15) is 0 Å². The number of hydrogen-bond donors (Lipinski definition) is 0. The van der Waals surface area contributed by atoms with Gasteiger partial charge in [0.2, 0.25) is 5.71 Å². The van der Waals surface area contributed by atoms with Crippen molar-refractivity contribution in [2.24, 2.45) is 0 Å². The zero-order valence-electron chi connectivity index (χ0n) is 49.4. The molecule has 5 heteroatoms. The van der Waals surface area contributed by atoms with Gasteiger partial charge in [-0.15, -0.1) is 0 Å². The maximum atomic E-state index is 9.97. The van der Waals surface area contributed by atoms with Gasteiger partial charge in [0.15, 0.2) is 0 Å². The standard InChI is InChI=1S/C64H56N4O/c1-41-31-61-57-28-26-55(62-58-27-3-42(2)68-64(58)69-63(57)62)24-16-51-34-47-8-4-43-12-20-53(21-13-43)59-29-18-45(38-65-59)6-10-49-33-50(37-52(36-49)17-25-56(41)40-67-61)11-7-46-19-30-60(66-39-46)54-22-14-44(15-23-54)5-9-48(32-47)35-51/h3,12-15,18-23,26-40H,4-11,16-17,24-25H2,1-2H3/i1D3,16D2,17D2,24D2,25D2. The third kappa shape index (κ3) is 9.26. The maximum Gasteiger partial charge on any atom is 0.227 e. The van der Waals surface area contributed by atoms with Crippen LogP contribution in [-0.2, 0) is 76.9 Å². The first-order valence-corrected chi connectivity index (χ1v) is 23.8. The average Bonchev–Trinajstić information content (AvgIpc) is 3.86. The molecule has 0 unspecified atom stereocenters. The Kier molecular flexibility index (Phi) is 8.67. The van der Waals surface area contributed by atoms with E-state index in [1.54, 1.807) is 43.3 Å². The predicted molar refractivity (Wildman–Crippen MR) is 281 cm³/mol. The smallest absolute Gasteiger partial charge is 0.227 e. The molecule has 21 aliphatic rings. The van der Waals surface area contributed by atoms with Crippen LogP contribution in [-0.4, -0.2) is 19.9 Å². The van der Waals surface area contributed by atoms with E-state index in [4.69, 9.17) is 18.5 Å². The third-order valence-corrected chi connectivity index (χ3v) is 13.6. The van der Waals surface area contributed by atoms with Crippen LogP contribution in [0.4, 0.5) is 0 Å². The van der Waals surface area contributed by atoms with E-state index in [-0.39, 0.29) is 44.6 Å². The highest BCUT2D eigenvalue weighted by Gasteiger charge is 2.19. The summed E-state index contributed by atoms with van der Waals surface area (Å²) in [6, 6.07) is 43.4. The van der Waals surface area contributed by atoms with Crippen molar-refractivity contribution >= 4 is 22.1 Å². The Bertz CT molecular complexity index is 3870.